The van der Waals surface area contributed by atoms with E-state index in [-0.39, 0.29) is 21.4 Å². The van der Waals surface area contributed by atoms with Gasteiger partial charge in [0, 0.05) is 0 Å². The lowest BCUT2D eigenvalue weighted by Crippen LogP contribution is -2.34. The lowest BCUT2D eigenvalue weighted by molar-refractivity contribution is -0.0588. The van der Waals surface area contributed by atoms with E-state index in [1.54, 1.807) is 0 Å². The SMILES string of the molecule is NC(=S)c1cc(C(N)=S)n([C@@H]2O[C@H](CO)[C@@H](O)[C@H]2O)n1. The summed E-state index contributed by atoms with van der Waals surface area (Å²) in [7, 11) is 0. The Labute approximate surface area is 124 Å². The molecule has 1 fully saturated rings. The lowest BCUT2D eigenvalue weighted by atomic mass is 10.1. The van der Waals surface area contributed by atoms with E-state index in [1.807, 2.05) is 0 Å². The van der Waals surface area contributed by atoms with Crippen molar-refractivity contribution >= 4 is 34.4 Å². The summed E-state index contributed by atoms with van der Waals surface area (Å²) in [6, 6.07) is 1.47. The average molecular weight is 318 g/mol. The highest BCUT2D eigenvalue weighted by atomic mass is 32.1. The van der Waals surface area contributed by atoms with E-state index in [4.69, 9.17) is 45.7 Å². The highest BCUT2D eigenvalue weighted by Crippen LogP contribution is 2.30. The van der Waals surface area contributed by atoms with E-state index in [9.17, 15) is 10.2 Å². The Morgan fingerprint density at radius 1 is 1.30 bits per heavy atom. The van der Waals surface area contributed by atoms with Gasteiger partial charge in [-0.25, -0.2) is 4.68 Å². The number of aliphatic hydroxyl groups excluding tert-OH is 3. The van der Waals surface area contributed by atoms with Crippen molar-refractivity contribution in [3.8, 4) is 0 Å². The smallest absolute Gasteiger partial charge is 0.179 e. The number of aromatic nitrogens is 2. The Kier molecular flexibility index (Phi) is 4.32. The summed E-state index contributed by atoms with van der Waals surface area (Å²) in [5, 5.41) is 32.9. The van der Waals surface area contributed by atoms with Gasteiger partial charge in [-0.05, 0) is 6.07 Å². The second-order valence-corrected chi connectivity index (χ2v) is 5.20. The van der Waals surface area contributed by atoms with E-state index in [1.165, 1.54) is 10.7 Å². The number of aliphatic hydroxyl groups is 3. The molecule has 1 aromatic heterocycles. The molecule has 8 nitrogen and oxygen atoms in total. The minimum Gasteiger partial charge on any atom is -0.394 e. The molecule has 0 saturated carbocycles. The van der Waals surface area contributed by atoms with Gasteiger partial charge in [-0.3, -0.25) is 0 Å². The fourth-order valence-corrected chi connectivity index (χ4v) is 2.23. The summed E-state index contributed by atoms with van der Waals surface area (Å²) in [5.41, 5.74) is 11.6. The maximum absolute atomic E-state index is 9.97. The Hall–Kier alpha value is -1.17. The molecule has 1 saturated heterocycles. The summed E-state index contributed by atoms with van der Waals surface area (Å²) in [5.74, 6) is 0. The topological polar surface area (TPSA) is 140 Å². The second kappa shape index (κ2) is 5.68. The molecular weight excluding hydrogens is 304 g/mol. The summed E-state index contributed by atoms with van der Waals surface area (Å²) in [4.78, 5) is 0.0470. The second-order valence-electron chi connectivity index (χ2n) is 4.32. The van der Waals surface area contributed by atoms with Crippen molar-refractivity contribution in [3.05, 3.63) is 17.5 Å². The summed E-state index contributed by atoms with van der Waals surface area (Å²) in [6.45, 7) is -0.444. The highest BCUT2D eigenvalue weighted by molar-refractivity contribution is 7.81. The van der Waals surface area contributed by atoms with Gasteiger partial charge in [-0.15, -0.1) is 0 Å². The fourth-order valence-electron chi connectivity index (χ4n) is 1.97. The molecule has 1 aromatic rings. The molecular formula is C10H14N4O4S2. The lowest BCUT2D eigenvalue weighted by Gasteiger charge is -2.17. The molecule has 0 unspecified atom stereocenters. The van der Waals surface area contributed by atoms with Gasteiger partial charge in [0.05, 0.1) is 12.3 Å². The zero-order chi connectivity index (χ0) is 15.0. The van der Waals surface area contributed by atoms with Crippen molar-refractivity contribution in [3.63, 3.8) is 0 Å². The molecule has 0 radical (unpaired) electrons. The molecule has 10 heteroatoms. The Morgan fingerprint density at radius 2 is 1.95 bits per heavy atom. The van der Waals surface area contributed by atoms with Gasteiger partial charge < -0.3 is 31.5 Å². The van der Waals surface area contributed by atoms with Crippen LogP contribution in [-0.4, -0.2) is 60.0 Å². The number of hydrogen-bond donors (Lipinski definition) is 5. The Balaban J connectivity index is 2.42. The zero-order valence-electron chi connectivity index (χ0n) is 10.2. The van der Waals surface area contributed by atoms with Crippen LogP contribution in [0.15, 0.2) is 6.07 Å². The van der Waals surface area contributed by atoms with E-state index < -0.39 is 31.1 Å². The van der Waals surface area contributed by atoms with Crippen LogP contribution in [0.1, 0.15) is 17.6 Å². The van der Waals surface area contributed by atoms with Gasteiger partial charge in [0.25, 0.3) is 0 Å². The van der Waals surface area contributed by atoms with Gasteiger partial charge in [0.2, 0.25) is 0 Å². The van der Waals surface area contributed by atoms with Crippen molar-refractivity contribution in [1.82, 2.24) is 9.78 Å². The molecule has 0 aliphatic carbocycles. The number of rotatable bonds is 4. The largest absolute Gasteiger partial charge is 0.394 e. The standard InChI is InChI=1S/C10H14N4O4S2/c11-8(19)3-1-4(9(12)20)14(13-3)10-7(17)6(16)5(2-15)18-10/h1,5-7,10,15-17H,2H2,(H2,11,19)(H2,12,20)/t5-,6-,7-,10-/m1/s1. The van der Waals surface area contributed by atoms with Crippen LogP contribution in [0, 0.1) is 0 Å². The van der Waals surface area contributed by atoms with Gasteiger partial charge in [-0.1, -0.05) is 24.4 Å². The third-order valence-corrected chi connectivity index (χ3v) is 3.42. The Bertz CT molecular complexity index is 549. The van der Waals surface area contributed by atoms with Gasteiger partial charge in [-0.2, -0.15) is 5.10 Å². The molecule has 1 aliphatic rings. The maximum atomic E-state index is 9.97. The molecule has 2 rings (SSSR count). The normalized spacial score (nSPS) is 29.6. The number of nitrogens with two attached hydrogens (primary N) is 2. The molecule has 0 amide bonds. The molecule has 7 N–H and O–H groups in total. The van der Waals surface area contributed by atoms with E-state index in [0.29, 0.717) is 0 Å². The molecule has 0 spiro atoms. The summed E-state index contributed by atoms with van der Waals surface area (Å²) in [6.07, 6.45) is -4.51. The molecule has 0 aromatic carbocycles. The van der Waals surface area contributed by atoms with Crippen LogP contribution in [-0.2, 0) is 4.74 Å². The van der Waals surface area contributed by atoms with Crippen LogP contribution in [0.5, 0.6) is 0 Å². The van der Waals surface area contributed by atoms with E-state index >= 15 is 0 Å². The van der Waals surface area contributed by atoms with Crippen molar-refractivity contribution in [1.29, 1.82) is 0 Å². The molecule has 2 heterocycles. The molecule has 110 valence electrons. The highest BCUT2D eigenvalue weighted by Gasteiger charge is 2.44. The first-order valence-electron chi connectivity index (χ1n) is 5.68. The van der Waals surface area contributed by atoms with E-state index in [2.05, 4.69) is 5.10 Å². The van der Waals surface area contributed by atoms with Crippen LogP contribution in [0.25, 0.3) is 0 Å². The summed E-state index contributed by atoms with van der Waals surface area (Å²) < 4.78 is 6.56. The first-order valence-corrected chi connectivity index (χ1v) is 6.50. The van der Waals surface area contributed by atoms with Gasteiger partial charge in [0.1, 0.15) is 34.0 Å². The third kappa shape index (κ3) is 2.53. The van der Waals surface area contributed by atoms with Crippen molar-refractivity contribution in [2.45, 2.75) is 24.5 Å². The third-order valence-electron chi connectivity index (χ3n) is 3.00. The average Bonchev–Trinajstić information content (AvgIpc) is 2.93. The minimum absolute atomic E-state index is 0.0118. The van der Waals surface area contributed by atoms with Crippen LogP contribution < -0.4 is 11.5 Å². The zero-order valence-corrected chi connectivity index (χ0v) is 11.8. The number of nitrogens with zero attached hydrogens (tertiary/aromatic N) is 2. The number of hydrogen-bond acceptors (Lipinski definition) is 7. The summed E-state index contributed by atoms with van der Waals surface area (Å²) >= 11 is 9.71. The molecule has 20 heavy (non-hydrogen) atoms. The van der Waals surface area contributed by atoms with Crippen LogP contribution >= 0.6 is 24.4 Å². The first kappa shape index (κ1) is 15.2. The fraction of sp³-hybridized carbons (Fsp3) is 0.500. The number of ether oxygens (including phenoxy) is 1. The van der Waals surface area contributed by atoms with Crippen LogP contribution in [0.2, 0.25) is 0 Å². The van der Waals surface area contributed by atoms with Gasteiger partial charge in [0.15, 0.2) is 6.23 Å². The quantitative estimate of drug-likeness (QED) is 0.390. The van der Waals surface area contributed by atoms with E-state index in [0.717, 1.165) is 0 Å². The van der Waals surface area contributed by atoms with Crippen molar-refractivity contribution in [2.75, 3.05) is 6.61 Å². The predicted octanol–water partition coefficient (Wildman–Crippen LogP) is -2.24. The molecule has 4 atom stereocenters. The van der Waals surface area contributed by atoms with Gasteiger partial charge >= 0.3 is 0 Å². The minimum atomic E-state index is -1.29. The maximum Gasteiger partial charge on any atom is 0.179 e. The monoisotopic (exact) mass is 318 g/mol. The van der Waals surface area contributed by atoms with Crippen molar-refractivity contribution in [2.24, 2.45) is 11.5 Å². The van der Waals surface area contributed by atoms with Crippen LogP contribution in [0.4, 0.5) is 0 Å². The first-order chi connectivity index (χ1) is 9.36. The molecule has 1 aliphatic heterocycles. The predicted molar refractivity (Wildman–Crippen MR) is 77.0 cm³/mol. The van der Waals surface area contributed by atoms with Crippen LogP contribution in [0.3, 0.4) is 0 Å². The molecule has 0 bridgehead atoms. The number of thiocarbonyl (C=S) groups is 2. The van der Waals surface area contributed by atoms with Crippen molar-refractivity contribution < 1.29 is 20.1 Å². The Morgan fingerprint density at radius 3 is 2.40 bits per heavy atom.